The van der Waals surface area contributed by atoms with Crippen LogP contribution < -0.4 is 15.7 Å². The van der Waals surface area contributed by atoms with E-state index < -0.39 is 5.63 Å². The molecule has 0 saturated carbocycles. The number of aryl methyl sites for hydroxylation is 1. The number of hydrogen-bond acceptors (Lipinski definition) is 5. The first-order valence-corrected chi connectivity index (χ1v) is 11.2. The molecule has 1 aliphatic rings. The van der Waals surface area contributed by atoms with Crippen LogP contribution in [-0.2, 0) is 16.0 Å². The molecule has 1 fully saturated rings. The van der Waals surface area contributed by atoms with Crippen LogP contribution in [0.2, 0.25) is 0 Å². The maximum Gasteiger partial charge on any atom is 0.339 e. The molecule has 7 heteroatoms. The van der Waals surface area contributed by atoms with E-state index in [0.717, 1.165) is 29.5 Å². The Kier molecular flexibility index (Phi) is 6.77. The molecule has 172 valence electrons. The Morgan fingerprint density at radius 3 is 2.73 bits per heavy atom. The van der Waals surface area contributed by atoms with E-state index in [2.05, 4.69) is 5.32 Å². The van der Waals surface area contributed by atoms with Gasteiger partial charge in [0, 0.05) is 42.2 Å². The van der Waals surface area contributed by atoms with Gasteiger partial charge in [-0.15, -0.1) is 0 Å². The number of piperidine rings is 1. The normalized spacial score (nSPS) is 15.9. The van der Waals surface area contributed by atoms with Crippen molar-refractivity contribution in [1.82, 2.24) is 4.90 Å². The molecule has 2 aromatic carbocycles. The molecule has 4 rings (SSSR count). The second kappa shape index (κ2) is 9.90. The summed E-state index contributed by atoms with van der Waals surface area (Å²) in [7, 11) is 1.56. The summed E-state index contributed by atoms with van der Waals surface area (Å²) >= 11 is 0. The Hall–Kier alpha value is -3.61. The van der Waals surface area contributed by atoms with E-state index in [1.165, 1.54) is 0 Å². The van der Waals surface area contributed by atoms with Crippen LogP contribution in [0.1, 0.15) is 30.4 Å². The van der Waals surface area contributed by atoms with Crippen LogP contribution in [0, 0.1) is 12.8 Å². The highest BCUT2D eigenvalue weighted by Crippen LogP contribution is 2.25. The van der Waals surface area contributed by atoms with E-state index in [0.29, 0.717) is 36.4 Å². The number of methoxy groups -OCH3 is 1. The third kappa shape index (κ3) is 5.08. The number of para-hydroxylation sites is 1. The fourth-order valence-corrected chi connectivity index (χ4v) is 4.36. The first kappa shape index (κ1) is 22.6. The highest BCUT2D eigenvalue weighted by atomic mass is 16.5. The molecule has 0 radical (unpaired) electrons. The summed E-state index contributed by atoms with van der Waals surface area (Å²) in [6.45, 7) is 2.89. The van der Waals surface area contributed by atoms with Gasteiger partial charge in [0.1, 0.15) is 11.3 Å². The van der Waals surface area contributed by atoms with Crippen LogP contribution in [0.4, 0.5) is 5.69 Å². The van der Waals surface area contributed by atoms with Crippen LogP contribution >= 0.6 is 0 Å². The number of fused-ring (bicyclic) bond motifs is 1. The number of likely N-dealkylation sites (tertiary alicyclic amines) is 1. The molecule has 1 aliphatic heterocycles. The number of carbonyl (C=O) groups is 2. The SMILES string of the molecule is COc1ccc2c(C)c(CCC(=O)N3CCC[C@@H](C(=O)Nc4ccccc4)C3)c(=O)oc2c1. The molecule has 1 saturated heterocycles. The van der Waals surface area contributed by atoms with Crippen molar-refractivity contribution < 1.29 is 18.7 Å². The van der Waals surface area contributed by atoms with Crippen molar-refractivity contribution in [1.29, 1.82) is 0 Å². The van der Waals surface area contributed by atoms with E-state index in [1.54, 1.807) is 18.1 Å². The lowest BCUT2D eigenvalue weighted by Crippen LogP contribution is -2.43. The zero-order valence-corrected chi connectivity index (χ0v) is 18.9. The average molecular weight is 449 g/mol. The first-order valence-electron chi connectivity index (χ1n) is 11.2. The second-order valence-electron chi connectivity index (χ2n) is 8.39. The molecule has 3 aromatic rings. The molecule has 2 amide bonds. The van der Waals surface area contributed by atoms with E-state index >= 15 is 0 Å². The summed E-state index contributed by atoms with van der Waals surface area (Å²) in [5.41, 5.74) is 2.11. The summed E-state index contributed by atoms with van der Waals surface area (Å²) in [6, 6.07) is 14.7. The summed E-state index contributed by atoms with van der Waals surface area (Å²) in [4.78, 5) is 39.9. The highest BCUT2D eigenvalue weighted by Gasteiger charge is 2.28. The molecule has 0 unspecified atom stereocenters. The lowest BCUT2D eigenvalue weighted by atomic mass is 9.96. The number of benzene rings is 2. The molecule has 33 heavy (non-hydrogen) atoms. The fraction of sp³-hybridized carbons (Fsp3) is 0.346. The molecular formula is C26H28N2O5. The smallest absolute Gasteiger partial charge is 0.339 e. The zero-order chi connectivity index (χ0) is 23.4. The molecular weight excluding hydrogens is 420 g/mol. The summed E-state index contributed by atoms with van der Waals surface area (Å²) in [5.74, 6) is 0.246. The van der Waals surface area contributed by atoms with Crippen molar-refractivity contribution in [3.63, 3.8) is 0 Å². The molecule has 0 bridgehead atoms. The fourth-order valence-electron chi connectivity index (χ4n) is 4.36. The van der Waals surface area contributed by atoms with E-state index in [9.17, 15) is 14.4 Å². The number of hydrogen-bond donors (Lipinski definition) is 1. The topological polar surface area (TPSA) is 88.9 Å². The van der Waals surface area contributed by atoms with Gasteiger partial charge in [-0.25, -0.2) is 4.79 Å². The van der Waals surface area contributed by atoms with Crippen molar-refractivity contribution >= 4 is 28.5 Å². The Labute approximate surface area is 192 Å². The third-order valence-electron chi connectivity index (χ3n) is 6.27. The predicted molar refractivity (Wildman–Crippen MR) is 126 cm³/mol. The number of ether oxygens (including phenoxy) is 1. The summed E-state index contributed by atoms with van der Waals surface area (Å²) in [5, 5.41) is 3.76. The molecule has 0 aliphatic carbocycles. The standard InChI is InChI=1S/C26H28N2O5/c1-17-21-11-10-20(32-2)15-23(21)33-26(31)22(17)12-13-24(29)28-14-6-7-18(16-28)25(30)27-19-8-4-3-5-9-19/h3-5,8-11,15,18H,6-7,12-14,16H2,1-2H3,(H,27,30)/t18-/m1/s1. The third-order valence-corrected chi connectivity index (χ3v) is 6.27. The van der Waals surface area contributed by atoms with Gasteiger partial charge in [0.05, 0.1) is 13.0 Å². The van der Waals surface area contributed by atoms with E-state index in [-0.39, 0.29) is 24.2 Å². The van der Waals surface area contributed by atoms with Crippen LogP contribution in [0.15, 0.2) is 57.7 Å². The van der Waals surface area contributed by atoms with Gasteiger partial charge >= 0.3 is 5.63 Å². The predicted octanol–water partition coefficient (Wildman–Crippen LogP) is 3.92. The minimum Gasteiger partial charge on any atom is -0.497 e. The lowest BCUT2D eigenvalue weighted by molar-refractivity contribution is -0.134. The quantitative estimate of drug-likeness (QED) is 0.578. The van der Waals surface area contributed by atoms with Crippen LogP contribution in [0.25, 0.3) is 11.0 Å². The lowest BCUT2D eigenvalue weighted by Gasteiger charge is -2.32. The Morgan fingerprint density at radius 2 is 1.97 bits per heavy atom. The Morgan fingerprint density at radius 1 is 1.18 bits per heavy atom. The van der Waals surface area contributed by atoms with Crippen molar-refractivity contribution in [2.75, 3.05) is 25.5 Å². The van der Waals surface area contributed by atoms with Crippen molar-refractivity contribution in [3.05, 3.63) is 70.1 Å². The van der Waals surface area contributed by atoms with Gasteiger partial charge in [0.25, 0.3) is 0 Å². The van der Waals surface area contributed by atoms with Crippen LogP contribution in [0.3, 0.4) is 0 Å². The van der Waals surface area contributed by atoms with Gasteiger partial charge in [0.15, 0.2) is 0 Å². The zero-order valence-electron chi connectivity index (χ0n) is 18.9. The van der Waals surface area contributed by atoms with Crippen molar-refractivity contribution in [3.8, 4) is 5.75 Å². The van der Waals surface area contributed by atoms with E-state index in [4.69, 9.17) is 9.15 Å². The maximum absolute atomic E-state index is 12.9. The van der Waals surface area contributed by atoms with Gasteiger partial charge in [-0.2, -0.15) is 0 Å². The number of anilines is 1. The van der Waals surface area contributed by atoms with Gasteiger partial charge < -0.3 is 19.4 Å². The van der Waals surface area contributed by atoms with Crippen molar-refractivity contribution in [2.24, 2.45) is 5.92 Å². The highest BCUT2D eigenvalue weighted by molar-refractivity contribution is 5.93. The Bertz CT molecular complexity index is 1220. The van der Waals surface area contributed by atoms with Crippen LogP contribution in [-0.4, -0.2) is 36.9 Å². The molecule has 1 N–H and O–H groups in total. The van der Waals surface area contributed by atoms with Gasteiger partial charge in [-0.05, 0) is 56.0 Å². The molecule has 0 spiro atoms. The van der Waals surface area contributed by atoms with Crippen molar-refractivity contribution in [2.45, 2.75) is 32.6 Å². The number of rotatable bonds is 6. The summed E-state index contributed by atoms with van der Waals surface area (Å²) in [6.07, 6.45) is 2.02. The first-order chi connectivity index (χ1) is 16.0. The van der Waals surface area contributed by atoms with Gasteiger partial charge in [-0.3, -0.25) is 9.59 Å². The number of nitrogens with one attached hydrogen (secondary N) is 1. The largest absolute Gasteiger partial charge is 0.497 e. The number of amides is 2. The van der Waals surface area contributed by atoms with Gasteiger partial charge in [0.2, 0.25) is 11.8 Å². The Balaban J connectivity index is 1.40. The summed E-state index contributed by atoms with van der Waals surface area (Å²) < 4.78 is 10.7. The van der Waals surface area contributed by atoms with Gasteiger partial charge in [-0.1, -0.05) is 18.2 Å². The minimum absolute atomic E-state index is 0.0548. The maximum atomic E-state index is 12.9. The molecule has 1 atom stereocenters. The number of carbonyl (C=O) groups excluding carboxylic acids is 2. The molecule has 7 nitrogen and oxygen atoms in total. The molecule has 2 heterocycles. The number of nitrogens with zero attached hydrogens (tertiary/aromatic N) is 1. The molecule has 1 aromatic heterocycles. The second-order valence-corrected chi connectivity index (χ2v) is 8.39. The average Bonchev–Trinajstić information content (AvgIpc) is 2.84. The van der Waals surface area contributed by atoms with Crippen LogP contribution in [0.5, 0.6) is 5.75 Å². The minimum atomic E-state index is -0.431. The monoisotopic (exact) mass is 448 g/mol. The van der Waals surface area contributed by atoms with E-state index in [1.807, 2.05) is 49.4 Å².